The summed E-state index contributed by atoms with van der Waals surface area (Å²) in [6.07, 6.45) is 2.22. The Morgan fingerprint density at radius 1 is 0.971 bits per heavy atom. The fourth-order valence-corrected chi connectivity index (χ4v) is 3.79. The van der Waals surface area contributed by atoms with Gasteiger partial charge in [0, 0.05) is 23.1 Å². The van der Waals surface area contributed by atoms with Crippen LogP contribution in [0.25, 0.3) is 0 Å². The van der Waals surface area contributed by atoms with Crippen LogP contribution in [-0.4, -0.2) is 23.4 Å². The summed E-state index contributed by atoms with van der Waals surface area (Å²) in [6.45, 7) is 1.73. The summed E-state index contributed by atoms with van der Waals surface area (Å²) in [5.41, 5.74) is 10.2. The van der Waals surface area contributed by atoms with Crippen molar-refractivity contribution in [2.24, 2.45) is 5.10 Å². The molecule has 0 bridgehead atoms. The average molecular weight is 462 g/mol. The van der Waals surface area contributed by atoms with Gasteiger partial charge in [0.15, 0.2) is 5.76 Å². The minimum absolute atomic E-state index is 0.0506. The minimum atomic E-state index is -0.630. The zero-order valence-corrected chi connectivity index (χ0v) is 18.5. The molecule has 1 aliphatic carbocycles. The van der Waals surface area contributed by atoms with Gasteiger partial charge in [0.2, 0.25) is 5.91 Å². The monoisotopic (exact) mass is 462 g/mol. The van der Waals surface area contributed by atoms with E-state index in [1.165, 1.54) is 12.1 Å². The predicted molar refractivity (Wildman–Crippen MR) is 123 cm³/mol. The summed E-state index contributed by atoms with van der Waals surface area (Å²) in [7, 11) is 0. The Morgan fingerprint density at radius 3 is 2.41 bits per heavy atom. The number of rotatable bonds is 5. The highest BCUT2D eigenvalue weighted by atomic mass is 19.1. The van der Waals surface area contributed by atoms with Crippen molar-refractivity contribution < 1.29 is 23.2 Å². The molecule has 0 radical (unpaired) electrons. The van der Waals surface area contributed by atoms with E-state index in [-0.39, 0.29) is 23.7 Å². The molecule has 0 atom stereocenters. The number of halogens is 1. The topological polar surface area (TPSA) is 113 Å². The third-order valence-corrected chi connectivity index (χ3v) is 5.45. The standard InChI is InChI=1S/C25H23FN4O4/c1-15-22-19(27-28-21(31)14-16-6-3-2-4-7-16)8-5-9-20(22)34-23(15)25(33)30-29-24(32)17-10-12-18(26)13-11-17/h2-4,6-7,10-13H,5,8-9,14H2,1H3,(H,28,31)(H,29,32)(H,30,33)/b27-19+. The molecule has 1 aliphatic rings. The lowest BCUT2D eigenvalue weighted by molar-refractivity contribution is -0.120. The lowest BCUT2D eigenvalue weighted by atomic mass is 9.93. The summed E-state index contributed by atoms with van der Waals surface area (Å²) in [4.78, 5) is 37.1. The Balaban J connectivity index is 1.43. The van der Waals surface area contributed by atoms with Crippen LogP contribution in [-0.2, 0) is 17.6 Å². The number of hydrogen-bond acceptors (Lipinski definition) is 5. The average Bonchev–Trinajstić information content (AvgIpc) is 3.19. The molecule has 0 unspecified atom stereocenters. The third kappa shape index (κ3) is 5.20. The predicted octanol–water partition coefficient (Wildman–Crippen LogP) is 3.20. The fourth-order valence-electron chi connectivity index (χ4n) is 3.79. The van der Waals surface area contributed by atoms with Crippen molar-refractivity contribution in [3.05, 3.63) is 94.2 Å². The summed E-state index contributed by atoms with van der Waals surface area (Å²) in [6, 6.07) is 14.3. The maximum absolute atomic E-state index is 13.0. The number of fused-ring (bicyclic) bond motifs is 1. The van der Waals surface area contributed by atoms with Crippen LogP contribution in [0.15, 0.2) is 64.1 Å². The molecule has 3 aromatic rings. The van der Waals surface area contributed by atoms with Crippen LogP contribution in [0, 0.1) is 12.7 Å². The van der Waals surface area contributed by atoms with E-state index < -0.39 is 17.6 Å². The zero-order chi connectivity index (χ0) is 24.1. The molecule has 9 heteroatoms. The van der Waals surface area contributed by atoms with E-state index in [2.05, 4.69) is 21.4 Å². The van der Waals surface area contributed by atoms with Gasteiger partial charge in [0.05, 0.1) is 12.1 Å². The van der Waals surface area contributed by atoms with Crippen LogP contribution in [0.4, 0.5) is 4.39 Å². The second-order valence-corrected chi connectivity index (χ2v) is 7.88. The Kier molecular flexibility index (Phi) is 6.82. The summed E-state index contributed by atoms with van der Waals surface area (Å²) >= 11 is 0. The SMILES string of the molecule is Cc1c(C(=O)NNC(=O)c2ccc(F)cc2)oc2c1/C(=N/NC(=O)Cc1ccccc1)CCC2. The molecule has 0 aliphatic heterocycles. The molecule has 4 rings (SSSR count). The van der Waals surface area contributed by atoms with E-state index in [1.54, 1.807) is 6.92 Å². The Morgan fingerprint density at radius 2 is 1.68 bits per heavy atom. The van der Waals surface area contributed by atoms with Gasteiger partial charge in [-0.1, -0.05) is 30.3 Å². The summed E-state index contributed by atoms with van der Waals surface area (Å²) in [5, 5.41) is 4.30. The number of nitrogens with one attached hydrogen (secondary N) is 3. The number of hydrazine groups is 1. The molecule has 174 valence electrons. The molecule has 1 aromatic heterocycles. The van der Waals surface area contributed by atoms with Crippen molar-refractivity contribution in [3.8, 4) is 0 Å². The molecule has 0 fully saturated rings. The number of carbonyl (C=O) groups excluding carboxylic acids is 3. The van der Waals surface area contributed by atoms with Crippen molar-refractivity contribution in [1.29, 1.82) is 0 Å². The number of amides is 3. The maximum atomic E-state index is 13.0. The van der Waals surface area contributed by atoms with Gasteiger partial charge in [-0.25, -0.2) is 9.82 Å². The normalized spacial score (nSPS) is 13.8. The zero-order valence-electron chi connectivity index (χ0n) is 18.5. The molecular weight excluding hydrogens is 439 g/mol. The number of benzene rings is 2. The number of aryl methyl sites for hydroxylation is 1. The van der Waals surface area contributed by atoms with Crippen molar-refractivity contribution >= 4 is 23.4 Å². The highest BCUT2D eigenvalue weighted by Crippen LogP contribution is 2.29. The number of furan rings is 1. The molecule has 2 aromatic carbocycles. The number of hydrogen-bond donors (Lipinski definition) is 3. The van der Waals surface area contributed by atoms with Gasteiger partial charge in [-0.05, 0) is 49.6 Å². The highest BCUT2D eigenvalue weighted by molar-refractivity contribution is 6.07. The van der Waals surface area contributed by atoms with Gasteiger partial charge >= 0.3 is 5.91 Å². The van der Waals surface area contributed by atoms with Crippen molar-refractivity contribution in [3.63, 3.8) is 0 Å². The van der Waals surface area contributed by atoms with Gasteiger partial charge in [0.1, 0.15) is 11.6 Å². The number of hydrazone groups is 1. The van der Waals surface area contributed by atoms with Crippen LogP contribution >= 0.6 is 0 Å². The third-order valence-electron chi connectivity index (χ3n) is 5.45. The first-order chi connectivity index (χ1) is 16.4. The lowest BCUT2D eigenvalue weighted by Crippen LogP contribution is -2.41. The largest absolute Gasteiger partial charge is 0.455 e. The lowest BCUT2D eigenvalue weighted by Gasteiger charge is -2.13. The van der Waals surface area contributed by atoms with Gasteiger partial charge in [-0.2, -0.15) is 5.10 Å². The minimum Gasteiger partial charge on any atom is -0.455 e. The summed E-state index contributed by atoms with van der Waals surface area (Å²) in [5.74, 6) is -1.27. The second kappa shape index (κ2) is 10.1. The van der Waals surface area contributed by atoms with E-state index >= 15 is 0 Å². The molecule has 8 nitrogen and oxygen atoms in total. The maximum Gasteiger partial charge on any atom is 0.305 e. The van der Waals surface area contributed by atoms with Crippen LogP contribution in [0.2, 0.25) is 0 Å². The van der Waals surface area contributed by atoms with E-state index in [1.807, 2.05) is 30.3 Å². The van der Waals surface area contributed by atoms with Crippen LogP contribution in [0.5, 0.6) is 0 Å². The van der Waals surface area contributed by atoms with E-state index in [0.29, 0.717) is 35.4 Å². The quantitative estimate of drug-likeness (QED) is 0.506. The Bertz CT molecular complexity index is 1250. The van der Waals surface area contributed by atoms with Crippen molar-refractivity contribution in [2.75, 3.05) is 0 Å². The van der Waals surface area contributed by atoms with Crippen LogP contribution in [0.3, 0.4) is 0 Å². The second-order valence-electron chi connectivity index (χ2n) is 7.88. The van der Waals surface area contributed by atoms with Crippen molar-refractivity contribution in [2.45, 2.75) is 32.6 Å². The van der Waals surface area contributed by atoms with E-state index in [9.17, 15) is 18.8 Å². The van der Waals surface area contributed by atoms with E-state index in [0.717, 1.165) is 24.1 Å². The molecule has 3 amide bonds. The Hall–Kier alpha value is -4.27. The molecule has 0 saturated carbocycles. The molecule has 1 heterocycles. The van der Waals surface area contributed by atoms with Gasteiger partial charge < -0.3 is 4.42 Å². The van der Waals surface area contributed by atoms with Gasteiger partial charge in [0.25, 0.3) is 5.91 Å². The first kappa shape index (κ1) is 22.9. The summed E-state index contributed by atoms with van der Waals surface area (Å²) < 4.78 is 18.8. The highest BCUT2D eigenvalue weighted by Gasteiger charge is 2.28. The fraction of sp³-hybridized carbons (Fsp3) is 0.200. The molecule has 34 heavy (non-hydrogen) atoms. The van der Waals surface area contributed by atoms with Crippen LogP contribution in [0.1, 0.15) is 56.2 Å². The van der Waals surface area contributed by atoms with Gasteiger partial charge in [-0.15, -0.1) is 0 Å². The molecule has 3 N–H and O–H groups in total. The molecule has 0 saturated heterocycles. The number of nitrogens with zero attached hydrogens (tertiary/aromatic N) is 1. The van der Waals surface area contributed by atoms with Gasteiger partial charge in [-0.3, -0.25) is 25.2 Å². The van der Waals surface area contributed by atoms with Crippen LogP contribution < -0.4 is 16.3 Å². The van der Waals surface area contributed by atoms with E-state index in [4.69, 9.17) is 4.42 Å². The number of carbonyl (C=O) groups is 3. The first-order valence-corrected chi connectivity index (χ1v) is 10.8. The Labute approximate surface area is 195 Å². The molecular formula is C25H23FN4O4. The first-order valence-electron chi connectivity index (χ1n) is 10.8. The van der Waals surface area contributed by atoms with Crippen molar-refractivity contribution in [1.82, 2.24) is 16.3 Å². The smallest absolute Gasteiger partial charge is 0.305 e. The molecule has 0 spiro atoms.